The Kier molecular flexibility index (Phi) is 7.40. The summed E-state index contributed by atoms with van der Waals surface area (Å²) in [6.07, 6.45) is 0.288. The van der Waals surface area contributed by atoms with Crippen LogP contribution in [0.1, 0.15) is 31.4 Å². The number of rotatable bonds is 6. The highest BCUT2D eigenvalue weighted by atomic mass is 16.5. The van der Waals surface area contributed by atoms with Crippen molar-refractivity contribution >= 4 is 6.09 Å². The first-order chi connectivity index (χ1) is 12.1. The van der Waals surface area contributed by atoms with Crippen molar-refractivity contribution in [3.8, 4) is 17.6 Å². The molecule has 0 spiro atoms. The van der Waals surface area contributed by atoms with Crippen molar-refractivity contribution in [1.82, 2.24) is 5.32 Å². The average molecular weight is 337 g/mol. The summed E-state index contributed by atoms with van der Waals surface area (Å²) in [6.45, 7) is 4.70. The van der Waals surface area contributed by atoms with Crippen molar-refractivity contribution in [3.63, 3.8) is 0 Å². The van der Waals surface area contributed by atoms with E-state index >= 15 is 0 Å². The molecule has 0 unspecified atom stereocenters. The summed E-state index contributed by atoms with van der Waals surface area (Å²) in [5.41, 5.74) is 1.88. The first kappa shape index (κ1) is 18.4. The van der Waals surface area contributed by atoms with Gasteiger partial charge in [-0.15, -0.1) is 0 Å². The molecule has 2 aromatic rings. The molecule has 0 aliphatic rings. The minimum Gasteiger partial charge on any atom is -0.491 e. The second-order valence-corrected chi connectivity index (χ2v) is 5.73. The van der Waals surface area contributed by atoms with Gasteiger partial charge in [0.2, 0.25) is 0 Å². The van der Waals surface area contributed by atoms with Gasteiger partial charge < -0.3 is 14.8 Å². The number of alkyl carbamates (subject to hydrolysis) is 1. The molecule has 0 heterocycles. The molecule has 0 bridgehead atoms. The molecule has 130 valence electrons. The topological polar surface area (TPSA) is 47.6 Å². The third-order valence-corrected chi connectivity index (χ3v) is 3.19. The minimum atomic E-state index is -0.430. The van der Waals surface area contributed by atoms with Crippen LogP contribution in [0, 0.1) is 11.8 Å². The first-order valence-electron chi connectivity index (χ1n) is 8.33. The molecular formula is C21H23NO3. The smallest absolute Gasteiger partial charge is 0.407 e. The van der Waals surface area contributed by atoms with Crippen LogP contribution in [0.2, 0.25) is 0 Å². The van der Waals surface area contributed by atoms with Gasteiger partial charge in [0.15, 0.2) is 0 Å². The van der Waals surface area contributed by atoms with Gasteiger partial charge in [-0.3, -0.25) is 0 Å². The Labute approximate surface area is 149 Å². The summed E-state index contributed by atoms with van der Waals surface area (Å²) in [6, 6.07) is 17.2. The highest BCUT2D eigenvalue weighted by Gasteiger charge is 2.00. The zero-order chi connectivity index (χ0) is 17.9. The van der Waals surface area contributed by atoms with Crippen LogP contribution in [0.25, 0.3) is 0 Å². The highest BCUT2D eigenvalue weighted by molar-refractivity contribution is 5.67. The number of nitrogens with one attached hydrogen (secondary N) is 1. The number of ether oxygens (including phenoxy) is 2. The fourth-order valence-electron chi connectivity index (χ4n) is 2.05. The molecule has 2 aromatic carbocycles. The van der Waals surface area contributed by atoms with Crippen molar-refractivity contribution < 1.29 is 14.3 Å². The Morgan fingerprint density at radius 3 is 2.48 bits per heavy atom. The predicted molar refractivity (Wildman–Crippen MR) is 98.3 cm³/mol. The van der Waals surface area contributed by atoms with E-state index in [4.69, 9.17) is 9.47 Å². The van der Waals surface area contributed by atoms with Crippen molar-refractivity contribution in [3.05, 3.63) is 65.7 Å². The zero-order valence-electron chi connectivity index (χ0n) is 14.6. The molecule has 0 saturated heterocycles. The Hall–Kier alpha value is -2.93. The van der Waals surface area contributed by atoms with E-state index in [0.717, 1.165) is 16.9 Å². The molecule has 0 aliphatic heterocycles. The fourth-order valence-corrected chi connectivity index (χ4v) is 2.05. The van der Waals surface area contributed by atoms with E-state index in [0.29, 0.717) is 13.0 Å². The van der Waals surface area contributed by atoms with E-state index in [-0.39, 0.29) is 12.7 Å². The summed E-state index contributed by atoms with van der Waals surface area (Å²) in [7, 11) is 0. The normalized spacial score (nSPS) is 9.88. The summed E-state index contributed by atoms with van der Waals surface area (Å²) < 4.78 is 10.7. The van der Waals surface area contributed by atoms with Crippen molar-refractivity contribution in [2.75, 3.05) is 6.54 Å². The maximum Gasteiger partial charge on any atom is 0.407 e. The van der Waals surface area contributed by atoms with Crippen molar-refractivity contribution in [2.45, 2.75) is 33.0 Å². The Morgan fingerprint density at radius 1 is 1.08 bits per heavy atom. The number of hydrogen-bond donors (Lipinski definition) is 1. The standard InChI is InChI=1S/C21H23NO3/c1-17(2)25-20-13-11-18(12-14-20)8-6-7-15-22-21(23)24-16-19-9-4-3-5-10-19/h3-5,9-14,17H,7,15-16H2,1-2H3,(H,22,23). The zero-order valence-corrected chi connectivity index (χ0v) is 14.6. The lowest BCUT2D eigenvalue weighted by molar-refractivity contribution is 0.140. The lowest BCUT2D eigenvalue weighted by atomic mass is 10.2. The molecule has 0 saturated carbocycles. The Balaban J connectivity index is 1.65. The molecular weight excluding hydrogens is 314 g/mol. The summed E-state index contributed by atoms with van der Waals surface area (Å²) >= 11 is 0. The van der Waals surface area contributed by atoms with Crippen LogP contribution >= 0.6 is 0 Å². The molecule has 0 radical (unpaired) electrons. The van der Waals surface area contributed by atoms with Gasteiger partial charge in [0.25, 0.3) is 0 Å². The highest BCUT2D eigenvalue weighted by Crippen LogP contribution is 2.13. The van der Waals surface area contributed by atoms with Gasteiger partial charge in [0.05, 0.1) is 6.10 Å². The third kappa shape index (κ3) is 7.45. The Bertz CT molecular complexity index is 712. The summed E-state index contributed by atoms with van der Waals surface area (Å²) in [4.78, 5) is 11.6. The van der Waals surface area contributed by atoms with Crippen molar-refractivity contribution in [1.29, 1.82) is 0 Å². The number of carbonyl (C=O) groups excluding carboxylic acids is 1. The van der Waals surface area contributed by atoms with E-state index in [1.165, 1.54) is 0 Å². The van der Waals surface area contributed by atoms with Crippen LogP contribution in [0.15, 0.2) is 54.6 Å². The average Bonchev–Trinajstić information content (AvgIpc) is 2.61. The van der Waals surface area contributed by atoms with Crippen LogP contribution in [0.4, 0.5) is 4.79 Å². The molecule has 4 nitrogen and oxygen atoms in total. The maximum absolute atomic E-state index is 11.6. The Morgan fingerprint density at radius 2 is 1.80 bits per heavy atom. The number of amides is 1. The molecule has 0 atom stereocenters. The van der Waals surface area contributed by atoms with Gasteiger partial charge >= 0.3 is 6.09 Å². The molecule has 1 amide bonds. The van der Waals surface area contributed by atoms with Gasteiger partial charge in [-0.25, -0.2) is 4.79 Å². The van der Waals surface area contributed by atoms with E-state index < -0.39 is 6.09 Å². The van der Waals surface area contributed by atoms with E-state index in [9.17, 15) is 4.79 Å². The van der Waals surface area contributed by atoms with Gasteiger partial charge in [0, 0.05) is 18.5 Å². The van der Waals surface area contributed by atoms with Crippen LogP contribution in [-0.2, 0) is 11.3 Å². The van der Waals surface area contributed by atoms with Gasteiger partial charge in [0.1, 0.15) is 12.4 Å². The first-order valence-corrected chi connectivity index (χ1v) is 8.33. The SMILES string of the molecule is CC(C)Oc1ccc(C#CCCNC(=O)OCc2ccccc2)cc1. The molecule has 1 N–H and O–H groups in total. The van der Waals surface area contributed by atoms with Crippen LogP contribution in [0.5, 0.6) is 5.75 Å². The molecule has 4 heteroatoms. The molecule has 0 aliphatic carbocycles. The fraction of sp³-hybridized carbons (Fsp3) is 0.286. The minimum absolute atomic E-state index is 0.157. The monoisotopic (exact) mass is 337 g/mol. The predicted octanol–water partition coefficient (Wildman–Crippen LogP) is 4.14. The molecule has 0 fully saturated rings. The lowest BCUT2D eigenvalue weighted by Gasteiger charge is -2.08. The second-order valence-electron chi connectivity index (χ2n) is 5.73. The van der Waals surface area contributed by atoms with Crippen LogP contribution < -0.4 is 10.1 Å². The second kappa shape index (κ2) is 10.0. The third-order valence-electron chi connectivity index (χ3n) is 3.19. The number of hydrogen-bond acceptors (Lipinski definition) is 3. The lowest BCUT2D eigenvalue weighted by Crippen LogP contribution is -2.24. The van der Waals surface area contributed by atoms with Gasteiger partial charge in [-0.2, -0.15) is 0 Å². The van der Waals surface area contributed by atoms with E-state index in [1.54, 1.807) is 0 Å². The van der Waals surface area contributed by atoms with Crippen LogP contribution in [0.3, 0.4) is 0 Å². The molecule has 0 aromatic heterocycles. The number of carbonyl (C=O) groups is 1. The molecule has 2 rings (SSSR count). The quantitative estimate of drug-likeness (QED) is 0.636. The maximum atomic E-state index is 11.6. The summed E-state index contributed by atoms with van der Waals surface area (Å²) in [5, 5.41) is 2.69. The van der Waals surface area contributed by atoms with Gasteiger partial charge in [-0.05, 0) is 43.7 Å². The largest absolute Gasteiger partial charge is 0.491 e. The summed E-state index contributed by atoms with van der Waals surface area (Å²) in [5.74, 6) is 6.93. The van der Waals surface area contributed by atoms with E-state index in [1.807, 2.05) is 68.4 Å². The number of benzene rings is 2. The molecule has 25 heavy (non-hydrogen) atoms. The van der Waals surface area contributed by atoms with Crippen molar-refractivity contribution in [2.24, 2.45) is 0 Å². The van der Waals surface area contributed by atoms with Gasteiger partial charge in [-0.1, -0.05) is 42.2 Å². The van der Waals surface area contributed by atoms with Crippen LogP contribution in [-0.4, -0.2) is 18.7 Å². The van der Waals surface area contributed by atoms with E-state index in [2.05, 4.69) is 17.2 Å².